The number of benzene rings is 1. The maximum absolute atomic E-state index is 12.6. The lowest BCUT2D eigenvalue weighted by Gasteiger charge is -2.32. The number of hydrogen-bond acceptors (Lipinski definition) is 5. The smallest absolute Gasteiger partial charge is 0.223 e. The molecular weight excluding hydrogens is 380 g/mol. The van der Waals surface area contributed by atoms with E-state index in [2.05, 4.69) is 45.5 Å². The summed E-state index contributed by atoms with van der Waals surface area (Å²) >= 11 is 1.67. The average Bonchev–Trinajstić information content (AvgIpc) is 3.33. The summed E-state index contributed by atoms with van der Waals surface area (Å²) in [7, 11) is 0. The third-order valence-corrected chi connectivity index (χ3v) is 6.46. The monoisotopic (exact) mass is 406 g/mol. The SMILES string of the molecule is C[C@@H](CNC(=O)C1CCN(c2ccc(-c3cccs3)nn2)CC1)c1ccccc1. The molecule has 1 N–H and O–H groups in total. The lowest BCUT2D eigenvalue weighted by atomic mass is 9.95. The number of aromatic nitrogens is 2. The van der Waals surface area contributed by atoms with Crippen LogP contribution >= 0.6 is 11.3 Å². The van der Waals surface area contributed by atoms with Gasteiger partial charge < -0.3 is 10.2 Å². The molecule has 150 valence electrons. The van der Waals surface area contributed by atoms with Crippen molar-refractivity contribution in [3.63, 3.8) is 0 Å². The molecule has 0 spiro atoms. The summed E-state index contributed by atoms with van der Waals surface area (Å²) in [6.45, 7) is 4.49. The summed E-state index contributed by atoms with van der Waals surface area (Å²) < 4.78 is 0. The first-order chi connectivity index (χ1) is 14.2. The van der Waals surface area contributed by atoms with E-state index in [0.717, 1.165) is 42.3 Å². The van der Waals surface area contributed by atoms with Crippen molar-refractivity contribution in [1.29, 1.82) is 0 Å². The van der Waals surface area contributed by atoms with Gasteiger partial charge in [-0.25, -0.2) is 0 Å². The Morgan fingerprint density at radius 1 is 1.10 bits per heavy atom. The molecule has 1 aliphatic heterocycles. The van der Waals surface area contributed by atoms with Crippen LogP contribution in [0.1, 0.15) is 31.2 Å². The van der Waals surface area contributed by atoms with Crippen molar-refractivity contribution < 1.29 is 4.79 Å². The van der Waals surface area contributed by atoms with Gasteiger partial charge in [0.05, 0.1) is 4.88 Å². The van der Waals surface area contributed by atoms with Gasteiger partial charge >= 0.3 is 0 Å². The van der Waals surface area contributed by atoms with Crippen molar-refractivity contribution in [2.75, 3.05) is 24.5 Å². The highest BCUT2D eigenvalue weighted by molar-refractivity contribution is 7.13. The molecular formula is C23H26N4OS. The molecule has 6 heteroatoms. The van der Waals surface area contributed by atoms with E-state index in [0.29, 0.717) is 12.5 Å². The van der Waals surface area contributed by atoms with Gasteiger partial charge in [-0.3, -0.25) is 4.79 Å². The quantitative estimate of drug-likeness (QED) is 0.662. The topological polar surface area (TPSA) is 58.1 Å². The standard InChI is InChI=1S/C23H26N4OS/c1-17(18-6-3-2-4-7-18)16-24-23(28)19-11-13-27(14-12-19)22-10-9-20(25-26-22)21-8-5-15-29-21/h2-10,15,17,19H,11-14,16H2,1H3,(H,24,28)/t17-/m0/s1. The van der Waals surface area contributed by atoms with Gasteiger partial charge in [-0.15, -0.1) is 21.5 Å². The van der Waals surface area contributed by atoms with Crippen molar-refractivity contribution in [2.45, 2.75) is 25.7 Å². The number of carbonyl (C=O) groups is 1. The van der Waals surface area contributed by atoms with Crippen LogP contribution in [0, 0.1) is 5.92 Å². The third kappa shape index (κ3) is 4.82. The number of rotatable bonds is 6. The van der Waals surface area contributed by atoms with Crippen LogP contribution in [0.2, 0.25) is 0 Å². The first-order valence-electron chi connectivity index (χ1n) is 10.2. The van der Waals surface area contributed by atoms with E-state index in [1.807, 2.05) is 41.8 Å². The van der Waals surface area contributed by atoms with E-state index in [-0.39, 0.29) is 11.8 Å². The number of carbonyl (C=O) groups excluding carboxylic acids is 1. The van der Waals surface area contributed by atoms with Gasteiger partial charge in [-0.05, 0) is 47.9 Å². The highest BCUT2D eigenvalue weighted by Crippen LogP contribution is 2.25. The highest BCUT2D eigenvalue weighted by atomic mass is 32.1. The number of nitrogens with zero attached hydrogens (tertiary/aromatic N) is 3. The fourth-order valence-electron chi connectivity index (χ4n) is 3.72. The number of nitrogens with one attached hydrogen (secondary N) is 1. The first-order valence-corrected chi connectivity index (χ1v) is 11.0. The van der Waals surface area contributed by atoms with Crippen molar-refractivity contribution in [3.05, 3.63) is 65.5 Å². The van der Waals surface area contributed by atoms with E-state index in [1.54, 1.807) is 11.3 Å². The maximum atomic E-state index is 12.6. The lowest BCUT2D eigenvalue weighted by molar-refractivity contribution is -0.125. The summed E-state index contributed by atoms with van der Waals surface area (Å²) in [5.41, 5.74) is 2.16. The number of thiophene rings is 1. The summed E-state index contributed by atoms with van der Waals surface area (Å²) in [4.78, 5) is 15.9. The Morgan fingerprint density at radius 2 is 1.90 bits per heavy atom. The molecule has 4 rings (SSSR count). The van der Waals surface area contributed by atoms with E-state index in [9.17, 15) is 4.79 Å². The molecule has 0 radical (unpaired) electrons. The number of piperidine rings is 1. The van der Waals surface area contributed by atoms with Crippen molar-refractivity contribution in [3.8, 4) is 10.6 Å². The summed E-state index contributed by atoms with van der Waals surface area (Å²) in [6, 6.07) is 18.5. The number of amides is 1. The van der Waals surface area contributed by atoms with Gasteiger partial charge in [0.2, 0.25) is 5.91 Å². The molecule has 29 heavy (non-hydrogen) atoms. The molecule has 5 nitrogen and oxygen atoms in total. The van der Waals surface area contributed by atoms with Gasteiger partial charge in [0.15, 0.2) is 5.82 Å². The molecule has 3 aromatic rings. The third-order valence-electron chi connectivity index (χ3n) is 5.56. The zero-order chi connectivity index (χ0) is 20.1. The zero-order valence-corrected chi connectivity index (χ0v) is 17.4. The Kier molecular flexibility index (Phi) is 6.20. The van der Waals surface area contributed by atoms with Crippen LogP contribution in [-0.4, -0.2) is 35.7 Å². The molecule has 1 aliphatic rings. The van der Waals surface area contributed by atoms with Gasteiger partial charge in [-0.1, -0.05) is 43.3 Å². The second-order valence-corrected chi connectivity index (χ2v) is 8.52. The fraction of sp³-hybridized carbons (Fsp3) is 0.348. The molecule has 1 fully saturated rings. The van der Waals surface area contributed by atoms with Gasteiger partial charge in [0, 0.05) is 25.6 Å². The second kappa shape index (κ2) is 9.18. The van der Waals surface area contributed by atoms with Crippen molar-refractivity contribution in [2.24, 2.45) is 5.92 Å². The van der Waals surface area contributed by atoms with E-state index < -0.39 is 0 Å². The van der Waals surface area contributed by atoms with Crippen LogP contribution in [0.3, 0.4) is 0 Å². The lowest BCUT2D eigenvalue weighted by Crippen LogP contribution is -2.41. The Morgan fingerprint density at radius 3 is 2.55 bits per heavy atom. The zero-order valence-electron chi connectivity index (χ0n) is 16.6. The average molecular weight is 407 g/mol. The summed E-state index contributed by atoms with van der Waals surface area (Å²) in [5.74, 6) is 1.46. The van der Waals surface area contributed by atoms with Crippen LogP contribution in [0.25, 0.3) is 10.6 Å². The molecule has 0 bridgehead atoms. The minimum atomic E-state index is 0.0765. The molecule has 1 saturated heterocycles. The van der Waals surface area contributed by atoms with Crippen molar-refractivity contribution >= 4 is 23.1 Å². The van der Waals surface area contributed by atoms with Gasteiger partial charge in [-0.2, -0.15) is 0 Å². The van der Waals surface area contributed by atoms with Crippen molar-refractivity contribution in [1.82, 2.24) is 15.5 Å². The minimum Gasteiger partial charge on any atom is -0.355 e. The summed E-state index contributed by atoms with van der Waals surface area (Å²) in [6.07, 6.45) is 1.69. The largest absolute Gasteiger partial charge is 0.355 e. The van der Waals surface area contributed by atoms with Crippen LogP contribution in [0.4, 0.5) is 5.82 Å². The Labute approximate surface area is 175 Å². The Hall–Kier alpha value is -2.73. The van der Waals surface area contributed by atoms with Gasteiger partial charge in [0.1, 0.15) is 5.69 Å². The summed E-state index contributed by atoms with van der Waals surface area (Å²) in [5, 5.41) is 14.0. The van der Waals surface area contributed by atoms with Gasteiger partial charge in [0.25, 0.3) is 0 Å². The van der Waals surface area contributed by atoms with E-state index in [1.165, 1.54) is 5.56 Å². The second-order valence-electron chi connectivity index (χ2n) is 7.57. The Balaban J connectivity index is 1.26. The molecule has 0 unspecified atom stereocenters. The fourth-order valence-corrected chi connectivity index (χ4v) is 4.41. The highest BCUT2D eigenvalue weighted by Gasteiger charge is 2.26. The predicted octanol–water partition coefficient (Wildman–Crippen LogP) is 4.34. The Bertz CT molecular complexity index is 904. The van der Waals surface area contributed by atoms with E-state index >= 15 is 0 Å². The molecule has 1 aromatic carbocycles. The number of hydrogen-bond donors (Lipinski definition) is 1. The number of anilines is 1. The van der Waals surface area contributed by atoms with Crippen LogP contribution in [0.15, 0.2) is 60.0 Å². The molecule has 1 atom stereocenters. The van der Waals surface area contributed by atoms with Crippen LogP contribution in [-0.2, 0) is 4.79 Å². The van der Waals surface area contributed by atoms with E-state index in [4.69, 9.17) is 0 Å². The molecule has 2 aromatic heterocycles. The maximum Gasteiger partial charge on any atom is 0.223 e. The molecule has 3 heterocycles. The van der Waals surface area contributed by atoms with Crippen LogP contribution in [0.5, 0.6) is 0 Å². The minimum absolute atomic E-state index is 0.0765. The first kappa shape index (κ1) is 19.6. The predicted molar refractivity (Wildman–Crippen MR) is 118 cm³/mol. The molecule has 1 amide bonds. The molecule has 0 aliphatic carbocycles. The van der Waals surface area contributed by atoms with Crippen LogP contribution < -0.4 is 10.2 Å². The molecule has 0 saturated carbocycles. The normalized spacial score (nSPS) is 15.8.